The van der Waals surface area contributed by atoms with Gasteiger partial charge in [0.05, 0.1) is 11.4 Å². The number of aromatic nitrogens is 3. The number of anilines is 1. The van der Waals surface area contributed by atoms with Crippen molar-refractivity contribution in [2.75, 3.05) is 18.0 Å². The third-order valence-corrected chi connectivity index (χ3v) is 5.12. The molecule has 4 rings (SSSR count). The lowest BCUT2D eigenvalue weighted by molar-refractivity contribution is 0.866. The van der Waals surface area contributed by atoms with Crippen LogP contribution in [0, 0.1) is 0 Å². The number of nitrogens with one attached hydrogen (secondary N) is 2. The summed E-state index contributed by atoms with van der Waals surface area (Å²) < 4.78 is 0. The van der Waals surface area contributed by atoms with Gasteiger partial charge in [-0.05, 0) is 72.8 Å². The maximum atomic E-state index is 4.38. The van der Waals surface area contributed by atoms with E-state index in [0.29, 0.717) is 0 Å². The Balaban J connectivity index is 1.42. The highest BCUT2D eigenvalue weighted by Crippen LogP contribution is 2.18. The van der Waals surface area contributed by atoms with Crippen molar-refractivity contribution in [1.82, 2.24) is 15.2 Å². The Bertz CT molecular complexity index is 1130. The lowest BCUT2D eigenvalue weighted by atomic mass is 10.1. The number of hydrogen-bond donors (Lipinski definition) is 2. The average molecular weight is 383 g/mol. The zero-order chi connectivity index (χ0) is 20.1. The molecule has 0 saturated carbocycles. The highest BCUT2D eigenvalue weighted by atomic mass is 15.1. The Labute approximate surface area is 171 Å². The molecule has 0 radical (unpaired) electrons. The predicted molar refractivity (Wildman–Crippen MR) is 125 cm³/mol. The standard InChI is InChI=1S/C25H26N4/c1-3-29(4-2)24-13-8-19(9-14-24)6-11-22-18-23(28-27-22)12-7-20-5-10-21-15-16-26-25(21)17-20/h5-18,26H,3-4H2,1-2H3,(H,27,28)/b11-6+,12-7+. The van der Waals surface area contributed by atoms with Gasteiger partial charge in [-0.25, -0.2) is 0 Å². The number of rotatable bonds is 7. The summed E-state index contributed by atoms with van der Waals surface area (Å²) >= 11 is 0. The minimum atomic E-state index is 0.914. The molecule has 0 aliphatic heterocycles. The molecule has 0 spiro atoms. The van der Waals surface area contributed by atoms with Crippen LogP contribution in [0.3, 0.4) is 0 Å². The molecule has 146 valence electrons. The molecule has 0 aliphatic rings. The topological polar surface area (TPSA) is 47.7 Å². The molecule has 4 nitrogen and oxygen atoms in total. The van der Waals surface area contributed by atoms with Crippen molar-refractivity contribution in [3.8, 4) is 0 Å². The second-order valence-electron chi connectivity index (χ2n) is 7.00. The number of hydrogen-bond acceptors (Lipinski definition) is 2. The average Bonchev–Trinajstić information content (AvgIpc) is 3.41. The maximum Gasteiger partial charge on any atom is 0.0854 e. The van der Waals surface area contributed by atoms with Gasteiger partial charge in [0.1, 0.15) is 0 Å². The van der Waals surface area contributed by atoms with Crippen molar-refractivity contribution in [3.63, 3.8) is 0 Å². The van der Waals surface area contributed by atoms with E-state index in [2.05, 4.69) is 94.6 Å². The third-order valence-electron chi connectivity index (χ3n) is 5.12. The van der Waals surface area contributed by atoms with Crippen molar-refractivity contribution < 1.29 is 0 Å². The van der Waals surface area contributed by atoms with Crippen LogP contribution in [-0.2, 0) is 0 Å². The second kappa shape index (κ2) is 8.65. The predicted octanol–water partition coefficient (Wildman–Crippen LogP) is 6.08. The zero-order valence-electron chi connectivity index (χ0n) is 16.9. The van der Waals surface area contributed by atoms with Crippen LogP contribution in [0.4, 0.5) is 5.69 Å². The molecule has 2 aromatic heterocycles. The lowest BCUT2D eigenvalue weighted by Crippen LogP contribution is -2.21. The van der Waals surface area contributed by atoms with Crippen molar-refractivity contribution in [2.24, 2.45) is 0 Å². The van der Waals surface area contributed by atoms with Crippen LogP contribution in [-0.4, -0.2) is 28.3 Å². The van der Waals surface area contributed by atoms with E-state index in [1.165, 1.54) is 16.6 Å². The van der Waals surface area contributed by atoms with E-state index >= 15 is 0 Å². The van der Waals surface area contributed by atoms with E-state index in [-0.39, 0.29) is 0 Å². The summed E-state index contributed by atoms with van der Waals surface area (Å²) in [5.74, 6) is 0. The van der Waals surface area contributed by atoms with Crippen molar-refractivity contribution >= 4 is 40.9 Å². The Morgan fingerprint density at radius 2 is 1.59 bits per heavy atom. The van der Waals surface area contributed by atoms with Crippen LogP contribution in [0.15, 0.2) is 60.8 Å². The number of benzene rings is 2. The molecule has 0 amide bonds. The fourth-order valence-corrected chi connectivity index (χ4v) is 3.45. The number of nitrogens with zero attached hydrogens (tertiary/aromatic N) is 2. The molecule has 2 heterocycles. The Hall–Kier alpha value is -3.53. The van der Waals surface area contributed by atoms with Gasteiger partial charge < -0.3 is 9.88 Å². The monoisotopic (exact) mass is 382 g/mol. The summed E-state index contributed by atoms with van der Waals surface area (Å²) in [4.78, 5) is 5.59. The van der Waals surface area contributed by atoms with Gasteiger partial charge in [0.15, 0.2) is 0 Å². The smallest absolute Gasteiger partial charge is 0.0854 e. The molecular weight excluding hydrogens is 356 g/mol. The quantitative estimate of drug-likeness (QED) is 0.407. The van der Waals surface area contributed by atoms with E-state index in [4.69, 9.17) is 0 Å². The van der Waals surface area contributed by atoms with Gasteiger partial charge in [0, 0.05) is 30.5 Å². The summed E-state index contributed by atoms with van der Waals surface area (Å²) in [5.41, 5.74) is 6.62. The van der Waals surface area contributed by atoms with E-state index in [9.17, 15) is 0 Å². The highest BCUT2D eigenvalue weighted by Gasteiger charge is 2.01. The molecule has 0 fully saturated rings. The lowest BCUT2D eigenvalue weighted by Gasteiger charge is -2.20. The third kappa shape index (κ3) is 4.49. The minimum Gasteiger partial charge on any atom is -0.372 e. The summed E-state index contributed by atoms with van der Waals surface area (Å²) in [5, 5.41) is 8.68. The number of H-pyrrole nitrogens is 2. The summed E-state index contributed by atoms with van der Waals surface area (Å²) in [6, 6.07) is 19.1. The number of fused-ring (bicyclic) bond motifs is 1. The first-order valence-electron chi connectivity index (χ1n) is 10.1. The SMILES string of the molecule is CCN(CC)c1ccc(/C=C/c2cc(/C=C/c3ccc4cc[nH]c4c3)[nH]n2)cc1. The molecule has 2 aromatic carbocycles. The molecule has 29 heavy (non-hydrogen) atoms. The molecule has 0 aliphatic carbocycles. The molecule has 0 saturated heterocycles. The van der Waals surface area contributed by atoms with Gasteiger partial charge in [-0.1, -0.05) is 36.4 Å². The van der Waals surface area contributed by atoms with Crippen LogP contribution in [0.5, 0.6) is 0 Å². The molecule has 0 bridgehead atoms. The van der Waals surface area contributed by atoms with Gasteiger partial charge in [-0.3, -0.25) is 5.10 Å². The summed E-state index contributed by atoms with van der Waals surface area (Å²) in [7, 11) is 0. The van der Waals surface area contributed by atoms with Gasteiger partial charge in [-0.2, -0.15) is 5.10 Å². The van der Waals surface area contributed by atoms with Crippen LogP contribution in [0.2, 0.25) is 0 Å². The molecule has 4 aromatic rings. The first-order chi connectivity index (χ1) is 14.2. The Morgan fingerprint density at radius 1 is 0.828 bits per heavy atom. The Kier molecular flexibility index (Phi) is 5.61. The zero-order valence-corrected chi connectivity index (χ0v) is 16.9. The normalized spacial score (nSPS) is 11.8. The fraction of sp³-hybridized carbons (Fsp3) is 0.160. The van der Waals surface area contributed by atoms with Gasteiger partial charge in [0.25, 0.3) is 0 Å². The fourth-order valence-electron chi connectivity index (χ4n) is 3.45. The highest BCUT2D eigenvalue weighted by molar-refractivity contribution is 5.83. The summed E-state index contributed by atoms with van der Waals surface area (Å²) in [6.07, 6.45) is 10.2. The molecule has 0 atom stereocenters. The molecule has 4 heteroatoms. The molecular formula is C25H26N4. The summed E-state index contributed by atoms with van der Waals surface area (Å²) in [6.45, 7) is 6.40. The van der Waals surface area contributed by atoms with Gasteiger partial charge in [0.2, 0.25) is 0 Å². The van der Waals surface area contributed by atoms with Gasteiger partial charge in [-0.15, -0.1) is 0 Å². The minimum absolute atomic E-state index is 0.914. The first kappa shape index (κ1) is 18.8. The molecule has 0 unspecified atom stereocenters. The Morgan fingerprint density at radius 3 is 2.38 bits per heavy atom. The van der Waals surface area contributed by atoms with Crippen LogP contribution < -0.4 is 4.90 Å². The van der Waals surface area contributed by atoms with Gasteiger partial charge >= 0.3 is 0 Å². The van der Waals surface area contributed by atoms with E-state index in [0.717, 1.165) is 35.6 Å². The van der Waals surface area contributed by atoms with Crippen molar-refractivity contribution in [2.45, 2.75) is 13.8 Å². The van der Waals surface area contributed by atoms with Crippen LogP contribution in [0.25, 0.3) is 35.2 Å². The van der Waals surface area contributed by atoms with E-state index in [1.54, 1.807) is 0 Å². The maximum absolute atomic E-state index is 4.38. The van der Waals surface area contributed by atoms with E-state index < -0.39 is 0 Å². The second-order valence-corrected chi connectivity index (χ2v) is 7.00. The largest absolute Gasteiger partial charge is 0.372 e. The van der Waals surface area contributed by atoms with Crippen LogP contribution in [0.1, 0.15) is 36.4 Å². The van der Waals surface area contributed by atoms with Crippen LogP contribution >= 0.6 is 0 Å². The number of aromatic amines is 2. The van der Waals surface area contributed by atoms with Crippen molar-refractivity contribution in [3.05, 3.63) is 83.3 Å². The van der Waals surface area contributed by atoms with E-state index in [1.807, 2.05) is 24.4 Å². The first-order valence-corrected chi connectivity index (χ1v) is 10.1. The van der Waals surface area contributed by atoms with Crippen molar-refractivity contribution in [1.29, 1.82) is 0 Å². The molecule has 2 N–H and O–H groups in total.